The summed E-state index contributed by atoms with van der Waals surface area (Å²) in [5.74, 6) is 0.876. The predicted molar refractivity (Wildman–Crippen MR) is 153 cm³/mol. The number of carbonyl (C=O) groups excluding carboxylic acids is 2. The van der Waals surface area contributed by atoms with Crippen LogP contribution in [0.4, 0.5) is 4.79 Å². The third-order valence-electron chi connectivity index (χ3n) is 5.35. The molecule has 0 saturated carbocycles. The normalized spacial score (nSPS) is 12.9. The molecule has 2 atom stereocenters. The maximum Gasteiger partial charge on any atom is 0.407 e. The molecule has 0 unspecified atom stereocenters. The molecule has 1 amide bonds. The summed E-state index contributed by atoms with van der Waals surface area (Å²) in [6.45, 7) is 5.60. The first-order chi connectivity index (χ1) is 18.2. The molecular weight excluding hydrogens is 498 g/mol. The van der Waals surface area contributed by atoms with Crippen LogP contribution in [0.15, 0.2) is 91.0 Å². The smallest absolute Gasteiger partial charge is 0.407 e. The molecule has 0 fully saturated rings. The number of amides is 1. The van der Waals surface area contributed by atoms with Crippen molar-refractivity contribution in [2.75, 3.05) is 7.11 Å². The Labute approximate surface area is 229 Å². The fourth-order valence-corrected chi connectivity index (χ4v) is 4.61. The minimum Gasteiger partial charge on any atom is -0.497 e. The van der Waals surface area contributed by atoms with E-state index in [9.17, 15) is 9.59 Å². The zero-order valence-corrected chi connectivity index (χ0v) is 23.1. The van der Waals surface area contributed by atoms with Gasteiger partial charge in [0.2, 0.25) is 0 Å². The van der Waals surface area contributed by atoms with Crippen LogP contribution in [0.25, 0.3) is 6.08 Å². The molecule has 0 aliphatic carbocycles. The fourth-order valence-electron chi connectivity index (χ4n) is 3.49. The molecular formula is C31H35NO5S. The van der Waals surface area contributed by atoms with E-state index in [1.54, 1.807) is 7.11 Å². The zero-order chi connectivity index (χ0) is 27.4. The Bertz CT molecular complexity index is 1170. The highest BCUT2D eigenvalue weighted by molar-refractivity contribution is 7.99. The Morgan fingerprint density at radius 3 is 2.13 bits per heavy atom. The van der Waals surface area contributed by atoms with Crippen LogP contribution in [0, 0.1) is 0 Å². The Morgan fingerprint density at radius 2 is 1.53 bits per heavy atom. The van der Waals surface area contributed by atoms with E-state index in [0.717, 1.165) is 22.4 Å². The molecule has 200 valence electrons. The fraction of sp³-hybridized carbons (Fsp3) is 0.290. The van der Waals surface area contributed by atoms with E-state index < -0.39 is 29.0 Å². The van der Waals surface area contributed by atoms with Crippen LogP contribution < -0.4 is 10.1 Å². The van der Waals surface area contributed by atoms with Crippen LogP contribution in [0.5, 0.6) is 5.75 Å². The SMILES string of the molecule is COc1ccc(CS[C@@H](C(=O)OC(C)(C)C)[C@@H](/C=C/c2ccccc2)NC(=O)OCc2ccccc2)cc1. The number of carbonyl (C=O) groups is 2. The molecule has 0 aliphatic heterocycles. The van der Waals surface area contributed by atoms with Crippen LogP contribution >= 0.6 is 11.8 Å². The molecule has 0 radical (unpaired) electrons. The third kappa shape index (κ3) is 9.98. The molecule has 1 N–H and O–H groups in total. The molecule has 38 heavy (non-hydrogen) atoms. The number of rotatable bonds is 11. The maximum atomic E-state index is 13.4. The lowest BCUT2D eigenvalue weighted by Crippen LogP contribution is -2.46. The van der Waals surface area contributed by atoms with Gasteiger partial charge in [0.25, 0.3) is 0 Å². The maximum absolute atomic E-state index is 13.4. The number of ether oxygens (including phenoxy) is 3. The summed E-state index contributed by atoms with van der Waals surface area (Å²) in [4.78, 5) is 26.3. The average molecular weight is 534 g/mol. The van der Waals surface area contributed by atoms with Crippen LogP contribution in [0.3, 0.4) is 0 Å². The number of alkyl carbamates (subject to hydrolysis) is 1. The second kappa shape index (κ2) is 14.3. The van der Waals surface area contributed by atoms with Gasteiger partial charge in [-0.1, -0.05) is 84.9 Å². The molecule has 3 aromatic carbocycles. The minimum absolute atomic E-state index is 0.123. The predicted octanol–water partition coefficient (Wildman–Crippen LogP) is 6.65. The van der Waals surface area contributed by atoms with Crippen LogP contribution in [0.1, 0.15) is 37.5 Å². The summed E-state index contributed by atoms with van der Waals surface area (Å²) in [5.41, 5.74) is 2.15. The third-order valence-corrected chi connectivity index (χ3v) is 6.69. The summed E-state index contributed by atoms with van der Waals surface area (Å²) in [6.07, 6.45) is 3.08. The second-order valence-electron chi connectivity index (χ2n) is 9.61. The van der Waals surface area contributed by atoms with Gasteiger partial charge in [0.1, 0.15) is 23.2 Å². The van der Waals surface area contributed by atoms with Gasteiger partial charge >= 0.3 is 12.1 Å². The Hall–Kier alpha value is -3.71. The molecule has 0 heterocycles. The van der Waals surface area contributed by atoms with E-state index in [4.69, 9.17) is 14.2 Å². The molecule has 0 aromatic heterocycles. The van der Waals surface area contributed by atoms with Gasteiger partial charge in [-0.25, -0.2) is 4.79 Å². The average Bonchev–Trinajstić information content (AvgIpc) is 2.91. The second-order valence-corrected chi connectivity index (χ2v) is 10.7. The number of hydrogen-bond donors (Lipinski definition) is 1. The first kappa shape index (κ1) is 28.9. The molecule has 3 rings (SSSR count). The van der Waals surface area contributed by atoms with Crippen LogP contribution in [-0.2, 0) is 26.6 Å². The van der Waals surface area contributed by atoms with E-state index >= 15 is 0 Å². The molecule has 6 nitrogen and oxygen atoms in total. The van der Waals surface area contributed by atoms with Gasteiger partial charge in [-0.15, -0.1) is 11.8 Å². The van der Waals surface area contributed by atoms with Crippen LogP contribution in [-0.4, -0.2) is 36.1 Å². The first-order valence-corrected chi connectivity index (χ1v) is 13.5. The van der Waals surface area contributed by atoms with Crippen molar-refractivity contribution < 1.29 is 23.8 Å². The molecule has 7 heteroatoms. The topological polar surface area (TPSA) is 73.9 Å². The van der Waals surface area contributed by atoms with E-state index in [1.807, 2.05) is 118 Å². The largest absolute Gasteiger partial charge is 0.497 e. The number of hydrogen-bond acceptors (Lipinski definition) is 6. The Balaban J connectivity index is 1.83. The summed E-state index contributed by atoms with van der Waals surface area (Å²) in [5, 5.41) is 2.17. The highest BCUT2D eigenvalue weighted by atomic mass is 32.2. The van der Waals surface area contributed by atoms with Gasteiger partial charge in [0.05, 0.1) is 13.2 Å². The van der Waals surface area contributed by atoms with Crippen molar-refractivity contribution in [2.24, 2.45) is 0 Å². The molecule has 3 aromatic rings. The van der Waals surface area contributed by atoms with E-state index in [0.29, 0.717) is 5.75 Å². The van der Waals surface area contributed by atoms with Crippen molar-refractivity contribution in [3.8, 4) is 5.75 Å². The highest BCUT2D eigenvalue weighted by Gasteiger charge is 2.33. The van der Waals surface area contributed by atoms with Gasteiger partial charge in [-0.3, -0.25) is 4.79 Å². The molecule has 0 saturated heterocycles. The van der Waals surface area contributed by atoms with E-state index in [-0.39, 0.29) is 6.61 Å². The number of benzene rings is 3. The standard InChI is InChI=1S/C31H35NO5S/c1-31(2,3)37-29(33)28(38-22-25-15-18-26(35-4)19-16-25)27(20-17-23-11-7-5-8-12-23)32-30(34)36-21-24-13-9-6-10-14-24/h5-20,27-28H,21-22H2,1-4H3,(H,32,34)/b20-17+/t27-,28-/m1/s1. The number of nitrogens with one attached hydrogen (secondary N) is 1. The van der Waals surface area contributed by atoms with Gasteiger partial charge in [0, 0.05) is 5.75 Å². The summed E-state index contributed by atoms with van der Waals surface area (Å²) < 4.78 is 16.5. The van der Waals surface area contributed by atoms with E-state index in [1.165, 1.54) is 11.8 Å². The minimum atomic E-state index is -0.722. The number of esters is 1. The summed E-state index contributed by atoms with van der Waals surface area (Å²) in [6, 6.07) is 26.1. The summed E-state index contributed by atoms with van der Waals surface area (Å²) >= 11 is 1.40. The lowest BCUT2D eigenvalue weighted by Gasteiger charge is -2.28. The quantitative estimate of drug-likeness (QED) is 0.278. The van der Waals surface area contributed by atoms with E-state index in [2.05, 4.69) is 5.32 Å². The van der Waals surface area contributed by atoms with Crippen molar-refractivity contribution in [1.82, 2.24) is 5.32 Å². The first-order valence-electron chi connectivity index (χ1n) is 12.4. The van der Waals surface area contributed by atoms with Crippen molar-refractivity contribution in [3.63, 3.8) is 0 Å². The van der Waals surface area contributed by atoms with Crippen molar-refractivity contribution in [1.29, 1.82) is 0 Å². The number of methoxy groups -OCH3 is 1. The van der Waals surface area contributed by atoms with Gasteiger partial charge in [-0.2, -0.15) is 0 Å². The Kier molecular flexibility index (Phi) is 10.8. The van der Waals surface area contributed by atoms with Gasteiger partial charge in [-0.05, 0) is 49.6 Å². The molecule has 0 spiro atoms. The molecule has 0 bridgehead atoms. The Morgan fingerprint density at radius 1 is 0.895 bits per heavy atom. The van der Waals surface area contributed by atoms with Crippen molar-refractivity contribution >= 4 is 29.9 Å². The zero-order valence-electron chi connectivity index (χ0n) is 22.3. The van der Waals surface area contributed by atoms with Crippen molar-refractivity contribution in [3.05, 3.63) is 108 Å². The van der Waals surface area contributed by atoms with Gasteiger partial charge < -0.3 is 19.5 Å². The lowest BCUT2D eigenvalue weighted by molar-refractivity contribution is -0.154. The van der Waals surface area contributed by atoms with Crippen LogP contribution in [0.2, 0.25) is 0 Å². The van der Waals surface area contributed by atoms with Crippen molar-refractivity contribution in [2.45, 2.75) is 50.0 Å². The van der Waals surface area contributed by atoms with Gasteiger partial charge in [0.15, 0.2) is 0 Å². The monoisotopic (exact) mass is 533 g/mol. The molecule has 0 aliphatic rings. The summed E-state index contributed by atoms with van der Waals surface area (Å²) in [7, 11) is 1.62. The number of thioether (sulfide) groups is 1. The lowest BCUT2D eigenvalue weighted by atomic mass is 10.1. The highest BCUT2D eigenvalue weighted by Crippen LogP contribution is 2.26.